The number of carboxylic acids is 1. The van der Waals surface area contributed by atoms with Crippen molar-refractivity contribution in [1.82, 2.24) is 39.1 Å². The fourth-order valence-corrected chi connectivity index (χ4v) is 4.34. The first-order chi connectivity index (χ1) is 16.3. The predicted octanol–water partition coefficient (Wildman–Crippen LogP) is 1.92. The second-order valence-electron chi connectivity index (χ2n) is 8.36. The maximum Gasteiger partial charge on any atom is 0.326 e. The number of carbonyl (C=O) groups is 2. The number of carbonyl (C=O) groups excluding carboxylic acids is 1. The number of likely N-dealkylation sites (tertiary alicyclic amines) is 1. The molecule has 0 aliphatic carbocycles. The van der Waals surface area contributed by atoms with Crippen LogP contribution >= 0.6 is 0 Å². The fraction of sp³-hybridized carbons (Fsp3) is 0.545. The molecule has 12 nitrogen and oxygen atoms in total. The Hall–Kier alpha value is -3.70. The first-order valence-electron chi connectivity index (χ1n) is 11.4. The third-order valence-corrected chi connectivity index (χ3v) is 6.37. The van der Waals surface area contributed by atoms with Gasteiger partial charge in [0.05, 0.1) is 18.3 Å². The highest BCUT2D eigenvalue weighted by Crippen LogP contribution is 2.30. The highest BCUT2D eigenvalue weighted by molar-refractivity contribution is 5.83. The van der Waals surface area contributed by atoms with Crippen LogP contribution in [0.25, 0.3) is 22.6 Å². The van der Waals surface area contributed by atoms with Gasteiger partial charge in [-0.3, -0.25) is 4.68 Å². The van der Waals surface area contributed by atoms with Gasteiger partial charge in [-0.2, -0.15) is 10.1 Å². The molecular formula is C22H30N8O4. The Bertz CT molecular complexity index is 1220. The Morgan fingerprint density at radius 2 is 2.09 bits per heavy atom. The topological polar surface area (TPSA) is 132 Å². The molecule has 0 bridgehead atoms. The van der Waals surface area contributed by atoms with Gasteiger partial charge in [-0.1, -0.05) is 0 Å². The SMILES string of the molecule is CCN(C(=O)N1CCC(Oc2ncnc3c2nc(-c2cnn(CC)c2C)n3C)C1)C(C)C(=O)O. The van der Waals surface area contributed by atoms with Gasteiger partial charge in [0, 0.05) is 38.8 Å². The number of ether oxygens (including phenoxy) is 1. The van der Waals surface area contributed by atoms with Crippen molar-refractivity contribution >= 4 is 23.2 Å². The molecule has 1 N–H and O–H groups in total. The largest absolute Gasteiger partial charge is 0.480 e. The van der Waals surface area contributed by atoms with Crippen LogP contribution in [-0.4, -0.2) is 88.0 Å². The molecule has 1 aliphatic rings. The van der Waals surface area contributed by atoms with Crippen LogP contribution in [-0.2, 0) is 18.4 Å². The van der Waals surface area contributed by atoms with Crippen LogP contribution in [0.15, 0.2) is 12.5 Å². The van der Waals surface area contributed by atoms with E-state index < -0.39 is 12.0 Å². The number of aromatic nitrogens is 6. The molecule has 2 atom stereocenters. The normalized spacial score (nSPS) is 16.7. The maximum atomic E-state index is 12.9. The summed E-state index contributed by atoms with van der Waals surface area (Å²) in [5, 5.41) is 13.7. The van der Waals surface area contributed by atoms with E-state index in [-0.39, 0.29) is 12.1 Å². The summed E-state index contributed by atoms with van der Waals surface area (Å²) >= 11 is 0. The van der Waals surface area contributed by atoms with Gasteiger partial charge in [0.2, 0.25) is 5.88 Å². The van der Waals surface area contributed by atoms with Gasteiger partial charge in [-0.05, 0) is 27.7 Å². The molecular weight excluding hydrogens is 440 g/mol. The fourth-order valence-electron chi connectivity index (χ4n) is 4.34. The minimum atomic E-state index is -1.03. The number of rotatable bonds is 7. The summed E-state index contributed by atoms with van der Waals surface area (Å²) < 4.78 is 9.98. The minimum Gasteiger partial charge on any atom is -0.480 e. The summed E-state index contributed by atoms with van der Waals surface area (Å²) in [6.45, 7) is 9.21. The van der Waals surface area contributed by atoms with Crippen molar-refractivity contribution in [1.29, 1.82) is 0 Å². The second kappa shape index (κ2) is 9.27. The molecule has 1 fully saturated rings. The van der Waals surface area contributed by atoms with E-state index in [1.165, 1.54) is 18.2 Å². The molecule has 2 amide bonds. The first kappa shape index (κ1) is 23.5. The molecule has 4 heterocycles. The Labute approximate surface area is 197 Å². The van der Waals surface area contributed by atoms with Gasteiger partial charge < -0.3 is 24.2 Å². The number of hydrogen-bond donors (Lipinski definition) is 1. The molecule has 1 saturated heterocycles. The summed E-state index contributed by atoms with van der Waals surface area (Å²) in [4.78, 5) is 40.7. The van der Waals surface area contributed by atoms with Gasteiger partial charge in [0.25, 0.3) is 0 Å². The predicted molar refractivity (Wildman–Crippen MR) is 123 cm³/mol. The number of aliphatic carboxylic acids is 1. The molecule has 2 unspecified atom stereocenters. The number of hydrogen-bond acceptors (Lipinski definition) is 7. The van der Waals surface area contributed by atoms with Crippen molar-refractivity contribution in [3.63, 3.8) is 0 Å². The zero-order chi connectivity index (χ0) is 24.6. The number of aryl methyl sites for hydroxylation is 2. The van der Waals surface area contributed by atoms with Crippen LogP contribution < -0.4 is 4.74 Å². The van der Waals surface area contributed by atoms with Gasteiger partial charge in [-0.15, -0.1) is 0 Å². The summed E-state index contributed by atoms with van der Waals surface area (Å²) in [5.74, 6) is 0.0520. The summed E-state index contributed by atoms with van der Waals surface area (Å²) in [6.07, 6.45) is 3.57. The van der Waals surface area contributed by atoms with E-state index in [4.69, 9.17) is 9.72 Å². The average Bonchev–Trinajstić information content (AvgIpc) is 3.52. The van der Waals surface area contributed by atoms with Crippen molar-refractivity contribution in [3.8, 4) is 17.3 Å². The van der Waals surface area contributed by atoms with E-state index in [9.17, 15) is 14.7 Å². The molecule has 4 rings (SSSR count). The lowest BCUT2D eigenvalue weighted by Crippen LogP contribution is -2.49. The van der Waals surface area contributed by atoms with E-state index in [1.807, 2.05) is 30.1 Å². The Balaban J connectivity index is 1.55. The smallest absolute Gasteiger partial charge is 0.326 e. The third-order valence-electron chi connectivity index (χ3n) is 6.37. The summed E-state index contributed by atoms with van der Waals surface area (Å²) in [6, 6.07) is -1.20. The molecule has 1 aliphatic heterocycles. The number of fused-ring (bicyclic) bond motifs is 1. The van der Waals surface area contributed by atoms with Crippen molar-refractivity contribution in [2.45, 2.75) is 52.8 Å². The number of carboxylic acid groups (broad SMARTS) is 1. The summed E-state index contributed by atoms with van der Waals surface area (Å²) in [7, 11) is 1.89. The Morgan fingerprint density at radius 1 is 1.32 bits per heavy atom. The molecule has 0 aromatic carbocycles. The van der Waals surface area contributed by atoms with Gasteiger partial charge in [-0.25, -0.2) is 19.6 Å². The van der Waals surface area contributed by atoms with Gasteiger partial charge >= 0.3 is 12.0 Å². The lowest BCUT2D eigenvalue weighted by molar-refractivity contribution is -0.141. The third kappa shape index (κ3) is 4.03. The zero-order valence-electron chi connectivity index (χ0n) is 20.1. The van der Waals surface area contributed by atoms with Crippen molar-refractivity contribution < 1.29 is 19.4 Å². The minimum absolute atomic E-state index is 0.282. The number of nitrogens with zero attached hydrogens (tertiary/aromatic N) is 8. The van der Waals surface area contributed by atoms with Gasteiger partial charge in [0.1, 0.15) is 24.3 Å². The van der Waals surface area contributed by atoms with Gasteiger partial charge in [0.15, 0.2) is 11.2 Å². The number of urea groups is 1. The lowest BCUT2D eigenvalue weighted by atomic mass is 10.2. The van der Waals surface area contributed by atoms with Crippen molar-refractivity contribution in [2.75, 3.05) is 19.6 Å². The monoisotopic (exact) mass is 470 g/mol. The molecule has 3 aromatic heterocycles. The van der Waals surface area contributed by atoms with Crippen molar-refractivity contribution in [3.05, 3.63) is 18.2 Å². The Kier molecular flexibility index (Phi) is 6.40. The molecule has 12 heteroatoms. The number of imidazole rings is 1. The number of amides is 2. The molecule has 182 valence electrons. The summed E-state index contributed by atoms with van der Waals surface area (Å²) in [5.41, 5.74) is 3.11. The second-order valence-corrected chi connectivity index (χ2v) is 8.36. The quantitative estimate of drug-likeness (QED) is 0.554. The first-order valence-corrected chi connectivity index (χ1v) is 11.4. The van der Waals surface area contributed by atoms with E-state index in [0.717, 1.165) is 23.6 Å². The van der Waals surface area contributed by atoms with E-state index in [1.54, 1.807) is 18.0 Å². The highest BCUT2D eigenvalue weighted by atomic mass is 16.5. The van der Waals surface area contributed by atoms with Crippen LogP contribution in [0.4, 0.5) is 4.79 Å². The standard InChI is InChI=1S/C22H30N8O4/c1-6-29(14(4)21(31)32)22(33)28-9-8-15(11-28)34-20-17-19(23-12-24-20)27(5)18(26-17)16-10-25-30(7-2)13(16)3/h10,12,14-15H,6-9,11H2,1-5H3,(H,31,32). The van der Waals surface area contributed by atoms with Crippen LogP contribution in [0.1, 0.15) is 32.9 Å². The highest BCUT2D eigenvalue weighted by Gasteiger charge is 2.34. The molecule has 3 aromatic rings. The molecule has 0 radical (unpaired) electrons. The molecule has 0 saturated carbocycles. The maximum absolute atomic E-state index is 12.9. The number of likely N-dealkylation sites (N-methyl/N-ethyl adjacent to an activating group) is 1. The molecule has 0 spiro atoms. The van der Waals surface area contributed by atoms with Crippen LogP contribution in [0.2, 0.25) is 0 Å². The van der Waals surface area contributed by atoms with E-state index in [2.05, 4.69) is 15.1 Å². The zero-order valence-corrected chi connectivity index (χ0v) is 20.1. The van der Waals surface area contributed by atoms with Crippen LogP contribution in [0.3, 0.4) is 0 Å². The van der Waals surface area contributed by atoms with E-state index in [0.29, 0.717) is 43.1 Å². The Morgan fingerprint density at radius 3 is 2.74 bits per heavy atom. The van der Waals surface area contributed by atoms with Crippen LogP contribution in [0.5, 0.6) is 5.88 Å². The molecule has 34 heavy (non-hydrogen) atoms. The van der Waals surface area contributed by atoms with E-state index >= 15 is 0 Å². The van der Waals surface area contributed by atoms with Crippen molar-refractivity contribution in [2.24, 2.45) is 7.05 Å². The average molecular weight is 471 g/mol. The van der Waals surface area contributed by atoms with Crippen LogP contribution in [0, 0.1) is 6.92 Å². The lowest BCUT2D eigenvalue weighted by Gasteiger charge is -2.29.